The Labute approximate surface area is 92.2 Å². The third-order valence-electron chi connectivity index (χ3n) is 2.23. The van der Waals surface area contributed by atoms with Gasteiger partial charge in [0.2, 0.25) is 0 Å². The first-order valence-electron chi connectivity index (χ1n) is 4.77. The molecule has 0 unspecified atom stereocenters. The van der Waals surface area contributed by atoms with Crippen molar-refractivity contribution in [2.45, 2.75) is 6.92 Å². The van der Waals surface area contributed by atoms with Crippen molar-refractivity contribution in [1.29, 1.82) is 0 Å². The third kappa shape index (κ3) is 1.79. The maximum absolute atomic E-state index is 11.2. The fraction of sp³-hybridized carbons (Fsp3) is 0.182. The van der Waals surface area contributed by atoms with Crippen molar-refractivity contribution in [1.82, 2.24) is 15.0 Å². The SMILES string of the molecule is COc1cccnc1-c1[nH]c(=O)ncc1C. The van der Waals surface area contributed by atoms with Crippen molar-refractivity contribution in [3.05, 3.63) is 40.6 Å². The standard InChI is InChI=1S/C11H11N3O2/c1-7-6-13-11(15)14-9(7)10-8(16-2)4-3-5-12-10/h3-6H,1-2H3,(H,13,14,15). The highest BCUT2D eigenvalue weighted by molar-refractivity contribution is 5.64. The van der Waals surface area contributed by atoms with Crippen LogP contribution in [0.15, 0.2) is 29.3 Å². The lowest BCUT2D eigenvalue weighted by molar-refractivity contribution is 0.414. The summed E-state index contributed by atoms with van der Waals surface area (Å²) < 4.78 is 5.19. The van der Waals surface area contributed by atoms with Crippen LogP contribution >= 0.6 is 0 Å². The summed E-state index contributed by atoms with van der Waals surface area (Å²) in [6, 6.07) is 3.57. The van der Waals surface area contributed by atoms with E-state index in [0.717, 1.165) is 5.56 Å². The number of aromatic amines is 1. The second-order valence-corrected chi connectivity index (χ2v) is 3.30. The summed E-state index contributed by atoms with van der Waals surface area (Å²) in [5.74, 6) is 0.618. The van der Waals surface area contributed by atoms with Gasteiger partial charge in [-0.05, 0) is 24.6 Å². The van der Waals surface area contributed by atoms with Crippen molar-refractivity contribution in [3.8, 4) is 17.1 Å². The molecule has 0 saturated heterocycles. The van der Waals surface area contributed by atoms with E-state index in [0.29, 0.717) is 17.1 Å². The van der Waals surface area contributed by atoms with Gasteiger partial charge in [0.15, 0.2) is 0 Å². The van der Waals surface area contributed by atoms with Gasteiger partial charge in [0.25, 0.3) is 0 Å². The monoisotopic (exact) mass is 217 g/mol. The van der Waals surface area contributed by atoms with Gasteiger partial charge in [0.1, 0.15) is 11.4 Å². The van der Waals surface area contributed by atoms with Crippen LogP contribution in [-0.2, 0) is 0 Å². The van der Waals surface area contributed by atoms with Gasteiger partial charge in [-0.25, -0.2) is 9.78 Å². The van der Waals surface area contributed by atoms with Crippen LogP contribution in [0.3, 0.4) is 0 Å². The molecule has 0 saturated carbocycles. The van der Waals surface area contributed by atoms with Gasteiger partial charge < -0.3 is 9.72 Å². The second-order valence-electron chi connectivity index (χ2n) is 3.30. The molecule has 0 atom stereocenters. The number of hydrogen-bond acceptors (Lipinski definition) is 4. The Morgan fingerprint density at radius 3 is 2.94 bits per heavy atom. The molecule has 0 spiro atoms. The Morgan fingerprint density at radius 1 is 1.38 bits per heavy atom. The van der Waals surface area contributed by atoms with E-state index >= 15 is 0 Å². The van der Waals surface area contributed by atoms with E-state index < -0.39 is 5.69 Å². The first-order valence-corrected chi connectivity index (χ1v) is 4.77. The molecular formula is C11H11N3O2. The van der Waals surface area contributed by atoms with Crippen molar-refractivity contribution < 1.29 is 4.74 Å². The summed E-state index contributed by atoms with van der Waals surface area (Å²) in [5, 5.41) is 0. The van der Waals surface area contributed by atoms with Crippen LogP contribution in [0.5, 0.6) is 5.75 Å². The molecule has 0 aliphatic heterocycles. The summed E-state index contributed by atoms with van der Waals surface area (Å²) in [6.07, 6.45) is 3.17. The lowest BCUT2D eigenvalue weighted by Crippen LogP contribution is -2.12. The first-order chi connectivity index (χ1) is 7.72. The molecule has 0 fully saturated rings. The number of H-pyrrole nitrogens is 1. The zero-order valence-corrected chi connectivity index (χ0v) is 9.02. The van der Waals surface area contributed by atoms with Crippen molar-refractivity contribution in [2.75, 3.05) is 7.11 Å². The predicted molar refractivity (Wildman–Crippen MR) is 59.4 cm³/mol. The molecule has 2 aromatic heterocycles. The molecule has 0 amide bonds. The van der Waals surface area contributed by atoms with Crippen molar-refractivity contribution in [2.24, 2.45) is 0 Å². The van der Waals surface area contributed by atoms with Crippen LogP contribution in [0.25, 0.3) is 11.4 Å². The molecule has 16 heavy (non-hydrogen) atoms. The largest absolute Gasteiger partial charge is 0.494 e. The van der Waals surface area contributed by atoms with E-state index in [9.17, 15) is 4.79 Å². The lowest BCUT2D eigenvalue weighted by atomic mass is 10.1. The molecule has 5 heteroatoms. The van der Waals surface area contributed by atoms with Crippen LogP contribution in [0.1, 0.15) is 5.56 Å². The molecule has 5 nitrogen and oxygen atoms in total. The number of nitrogens with one attached hydrogen (secondary N) is 1. The van der Waals surface area contributed by atoms with Gasteiger partial charge in [-0.3, -0.25) is 4.98 Å². The quantitative estimate of drug-likeness (QED) is 0.819. The van der Waals surface area contributed by atoms with E-state index in [1.54, 1.807) is 25.4 Å². The van der Waals surface area contributed by atoms with Crippen molar-refractivity contribution in [3.63, 3.8) is 0 Å². The van der Waals surface area contributed by atoms with Crippen LogP contribution < -0.4 is 10.4 Å². The van der Waals surface area contributed by atoms with Gasteiger partial charge in [-0.15, -0.1) is 0 Å². The summed E-state index contributed by atoms with van der Waals surface area (Å²) >= 11 is 0. The number of pyridine rings is 1. The second kappa shape index (κ2) is 4.14. The van der Waals surface area contributed by atoms with Crippen molar-refractivity contribution >= 4 is 0 Å². The maximum atomic E-state index is 11.2. The predicted octanol–water partition coefficient (Wildman–Crippen LogP) is 1.15. The molecule has 0 aromatic carbocycles. The van der Waals surface area contributed by atoms with E-state index in [1.807, 2.05) is 6.92 Å². The lowest BCUT2D eigenvalue weighted by Gasteiger charge is -2.08. The van der Waals surface area contributed by atoms with Gasteiger partial charge in [0, 0.05) is 12.4 Å². The highest BCUT2D eigenvalue weighted by atomic mass is 16.5. The normalized spacial score (nSPS) is 10.1. The Morgan fingerprint density at radius 2 is 2.19 bits per heavy atom. The van der Waals surface area contributed by atoms with Gasteiger partial charge >= 0.3 is 5.69 Å². The number of methoxy groups -OCH3 is 1. The zero-order valence-electron chi connectivity index (χ0n) is 9.02. The minimum absolute atomic E-state index is 0.395. The molecule has 0 bridgehead atoms. The van der Waals surface area contributed by atoms with Gasteiger partial charge in [-0.1, -0.05) is 0 Å². The van der Waals surface area contributed by atoms with E-state index in [-0.39, 0.29) is 0 Å². The molecule has 2 aromatic rings. The smallest absolute Gasteiger partial charge is 0.345 e. The number of aromatic nitrogens is 3. The Bertz CT molecular complexity index is 563. The van der Waals surface area contributed by atoms with Gasteiger partial charge in [0.05, 0.1) is 12.8 Å². The number of nitrogens with zero attached hydrogens (tertiary/aromatic N) is 2. The molecule has 1 N–H and O–H groups in total. The number of ether oxygens (including phenoxy) is 1. The fourth-order valence-electron chi connectivity index (χ4n) is 1.45. The highest BCUT2D eigenvalue weighted by Gasteiger charge is 2.10. The van der Waals surface area contributed by atoms with E-state index in [4.69, 9.17) is 4.74 Å². The summed E-state index contributed by atoms with van der Waals surface area (Å²) in [5.41, 5.74) is 1.70. The molecule has 2 rings (SSSR count). The van der Waals surface area contributed by atoms with Crippen LogP contribution in [0, 0.1) is 6.92 Å². The molecular weight excluding hydrogens is 206 g/mol. The van der Waals surface area contributed by atoms with Crippen LogP contribution in [-0.4, -0.2) is 22.1 Å². The number of aryl methyl sites for hydroxylation is 1. The molecule has 0 aliphatic rings. The topological polar surface area (TPSA) is 67.9 Å². The Hall–Kier alpha value is -2.17. The van der Waals surface area contributed by atoms with E-state index in [1.165, 1.54) is 6.20 Å². The maximum Gasteiger partial charge on any atom is 0.345 e. The van der Waals surface area contributed by atoms with E-state index in [2.05, 4.69) is 15.0 Å². The third-order valence-corrected chi connectivity index (χ3v) is 2.23. The molecule has 82 valence electrons. The molecule has 0 aliphatic carbocycles. The molecule has 2 heterocycles. The minimum Gasteiger partial charge on any atom is -0.494 e. The average molecular weight is 217 g/mol. The summed E-state index contributed by atoms with van der Waals surface area (Å²) in [4.78, 5) is 21.7. The summed E-state index contributed by atoms with van der Waals surface area (Å²) in [7, 11) is 1.56. The van der Waals surface area contributed by atoms with Gasteiger partial charge in [-0.2, -0.15) is 0 Å². The van der Waals surface area contributed by atoms with Crippen LogP contribution in [0.2, 0.25) is 0 Å². The number of rotatable bonds is 2. The average Bonchev–Trinajstić information content (AvgIpc) is 2.32. The summed E-state index contributed by atoms with van der Waals surface area (Å²) in [6.45, 7) is 1.85. The highest BCUT2D eigenvalue weighted by Crippen LogP contribution is 2.26. The minimum atomic E-state index is -0.395. The number of hydrogen-bond donors (Lipinski definition) is 1. The first kappa shape index (κ1) is 10.4. The van der Waals surface area contributed by atoms with Crippen LogP contribution in [0.4, 0.5) is 0 Å². The Kier molecular flexibility index (Phi) is 2.68. The zero-order chi connectivity index (χ0) is 11.5. The molecule has 0 radical (unpaired) electrons. The fourth-order valence-corrected chi connectivity index (χ4v) is 1.45. The Balaban J connectivity index is 2.67.